The van der Waals surface area contributed by atoms with Crippen molar-refractivity contribution in [2.75, 3.05) is 18.4 Å². The molecule has 1 fully saturated rings. The zero-order valence-electron chi connectivity index (χ0n) is 7.89. The van der Waals surface area contributed by atoms with E-state index in [-0.39, 0.29) is 0 Å². The maximum atomic E-state index is 3.62. The Hall–Kier alpha value is -0.540. The lowest BCUT2D eigenvalue weighted by Crippen LogP contribution is -2.38. The molecule has 0 saturated carbocycles. The van der Waals surface area contributed by atoms with Gasteiger partial charge in [0, 0.05) is 23.0 Å². The van der Waals surface area contributed by atoms with Gasteiger partial charge in [-0.25, -0.2) is 0 Å². The molecule has 0 unspecified atom stereocenters. The highest BCUT2D eigenvalue weighted by molar-refractivity contribution is 9.10. The van der Waals surface area contributed by atoms with Crippen LogP contribution in [0.3, 0.4) is 0 Å². The van der Waals surface area contributed by atoms with Gasteiger partial charge in [-0.3, -0.25) is 0 Å². The summed E-state index contributed by atoms with van der Waals surface area (Å²) in [6.07, 6.45) is 1.23. The van der Waals surface area contributed by atoms with Crippen LogP contribution in [0.4, 0.5) is 5.69 Å². The van der Waals surface area contributed by atoms with Crippen molar-refractivity contribution in [2.24, 2.45) is 0 Å². The molecule has 2 aliphatic heterocycles. The molecule has 1 saturated heterocycles. The second kappa shape index (κ2) is 3.24. The van der Waals surface area contributed by atoms with Gasteiger partial charge in [0.2, 0.25) is 0 Å². The first kappa shape index (κ1) is 8.74. The van der Waals surface area contributed by atoms with Gasteiger partial charge >= 0.3 is 0 Å². The van der Waals surface area contributed by atoms with E-state index < -0.39 is 0 Å². The number of halogens is 1. The number of benzene rings is 1. The van der Waals surface area contributed by atoms with E-state index in [0.717, 1.165) is 13.1 Å². The van der Waals surface area contributed by atoms with Crippen molar-refractivity contribution in [1.29, 1.82) is 0 Å². The fourth-order valence-electron chi connectivity index (χ4n) is 2.55. The van der Waals surface area contributed by atoms with Crippen molar-refractivity contribution in [3.05, 3.63) is 28.2 Å². The number of para-hydroxylation sites is 1. The Bertz CT molecular complexity index is 364. The summed E-state index contributed by atoms with van der Waals surface area (Å²) in [6.45, 7) is 2.25. The molecule has 2 nitrogen and oxygen atoms in total. The van der Waals surface area contributed by atoms with Crippen LogP contribution in [-0.4, -0.2) is 19.1 Å². The standard InChI is InChI=1S/C11H13BrN2/c12-9-3-1-2-7-8-6-13-5-4-10(8)14-11(7)9/h1-3,8,10,13-14H,4-6H2/t8-,10+/m0/s1. The number of piperidine rings is 1. The zero-order chi connectivity index (χ0) is 9.54. The van der Waals surface area contributed by atoms with Crippen LogP contribution in [0.2, 0.25) is 0 Å². The molecule has 0 radical (unpaired) electrons. The third kappa shape index (κ3) is 1.19. The van der Waals surface area contributed by atoms with Crippen LogP contribution in [0.5, 0.6) is 0 Å². The van der Waals surface area contributed by atoms with Crippen LogP contribution in [-0.2, 0) is 0 Å². The summed E-state index contributed by atoms with van der Waals surface area (Å²) in [4.78, 5) is 0. The Balaban J connectivity index is 2.05. The van der Waals surface area contributed by atoms with Gasteiger partial charge in [-0.1, -0.05) is 12.1 Å². The topological polar surface area (TPSA) is 24.1 Å². The minimum Gasteiger partial charge on any atom is -0.380 e. The molecule has 3 heteroatoms. The predicted octanol–water partition coefficient (Wildman–Crippen LogP) is 2.32. The molecule has 14 heavy (non-hydrogen) atoms. The van der Waals surface area contributed by atoms with Gasteiger partial charge in [0.15, 0.2) is 0 Å². The third-order valence-electron chi connectivity index (χ3n) is 3.26. The Kier molecular flexibility index (Phi) is 2.03. The van der Waals surface area contributed by atoms with E-state index in [0.29, 0.717) is 12.0 Å². The molecule has 2 heterocycles. The normalized spacial score (nSPS) is 29.2. The smallest absolute Gasteiger partial charge is 0.0523 e. The van der Waals surface area contributed by atoms with Crippen LogP contribution in [0.1, 0.15) is 17.9 Å². The molecule has 0 aromatic heterocycles. The quantitative estimate of drug-likeness (QED) is 0.741. The molecule has 0 bridgehead atoms. The maximum Gasteiger partial charge on any atom is 0.0523 e. The number of hydrogen-bond acceptors (Lipinski definition) is 2. The van der Waals surface area contributed by atoms with E-state index in [2.05, 4.69) is 44.8 Å². The van der Waals surface area contributed by atoms with Crippen LogP contribution < -0.4 is 10.6 Å². The number of anilines is 1. The van der Waals surface area contributed by atoms with Crippen LogP contribution in [0.25, 0.3) is 0 Å². The van der Waals surface area contributed by atoms with E-state index in [9.17, 15) is 0 Å². The van der Waals surface area contributed by atoms with Gasteiger partial charge in [0.25, 0.3) is 0 Å². The summed E-state index contributed by atoms with van der Waals surface area (Å²) in [7, 11) is 0. The molecule has 1 aromatic rings. The largest absolute Gasteiger partial charge is 0.380 e. The molecule has 74 valence electrons. The fourth-order valence-corrected chi connectivity index (χ4v) is 3.04. The van der Waals surface area contributed by atoms with Crippen molar-refractivity contribution >= 4 is 21.6 Å². The average Bonchev–Trinajstić information content (AvgIpc) is 2.59. The van der Waals surface area contributed by atoms with E-state index >= 15 is 0 Å². The number of fused-ring (bicyclic) bond motifs is 3. The Morgan fingerprint density at radius 2 is 2.29 bits per heavy atom. The summed E-state index contributed by atoms with van der Waals surface area (Å²) in [5.74, 6) is 0.663. The van der Waals surface area contributed by atoms with Crippen LogP contribution in [0.15, 0.2) is 22.7 Å². The van der Waals surface area contributed by atoms with Gasteiger partial charge in [0.1, 0.15) is 0 Å². The molecule has 3 rings (SSSR count). The number of nitrogens with one attached hydrogen (secondary N) is 2. The van der Waals surface area contributed by atoms with Crippen molar-refractivity contribution in [1.82, 2.24) is 5.32 Å². The van der Waals surface area contributed by atoms with Gasteiger partial charge < -0.3 is 10.6 Å². The van der Waals surface area contributed by atoms with Crippen molar-refractivity contribution in [3.8, 4) is 0 Å². The molecule has 1 aromatic carbocycles. The summed E-state index contributed by atoms with van der Waals surface area (Å²) < 4.78 is 1.20. The van der Waals surface area contributed by atoms with Gasteiger partial charge in [-0.2, -0.15) is 0 Å². The van der Waals surface area contributed by atoms with Crippen LogP contribution >= 0.6 is 15.9 Å². The highest BCUT2D eigenvalue weighted by atomic mass is 79.9. The first-order valence-corrected chi connectivity index (χ1v) is 5.91. The molecular formula is C11H13BrN2. The SMILES string of the molecule is Brc1cccc2c1N[C@@H]1CCNC[C@@H]21. The zero-order valence-corrected chi connectivity index (χ0v) is 9.47. The maximum absolute atomic E-state index is 3.62. The molecule has 0 aliphatic carbocycles. The Labute approximate surface area is 92.2 Å². The van der Waals surface area contributed by atoms with Crippen molar-refractivity contribution in [3.63, 3.8) is 0 Å². The lowest BCUT2D eigenvalue weighted by atomic mass is 9.91. The highest BCUT2D eigenvalue weighted by Crippen LogP contribution is 2.41. The second-order valence-electron chi connectivity index (χ2n) is 4.05. The van der Waals surface area contributed by atoms with Gasteiger partial charge in [0.05, 0.1) is 5.69 Å². The lowest BCUT2D eigenvalue weighted by molar-refractivity contribution is 0.440. The van der Waals surface area contributed by atoms with Gasteiger partial charge in [-0.15, -0.1) is 0 Å². The minimum atomic E-state index is 0.643. The molecule has 2 atom stereocenters. The number of rotatable bonds is 0. The summed E-state index contributed by atoms with van der Waals surface area (Å²) >= 11 is 3.60. The average molecular weight is 253 g/mol. The number of hydrogen-bond donors (Lipinski definition) is 2. The highest BCUT2D eigenvalue weighted by Gasteiger charge is 2.34. The molecule has 0 spiro atoms. The summed E-state index contributed by atoms with van der Waals surface area (Å²) in [5, 5.41) is 7.08. The fraction of sp³-hybridized carbons (Fsp3) is 0.455. The van der Waals surface area contributed by atoms with E-state index in [4.69, 9.17) is 0 Å². The molecule has 2 N–H and O–H groups in total. The Morgan fingerprint density at radius 3 is 3.21 bits per heavy atom. The van der Waals surface area contributed by atoms with Crippen LogP contribution in [0, 0.1) is 0 Å². The van der Waals surface area contributed by atoms with Crippen molar-refractivity contribution in [2.45, 2.75) is 18.4 Å². The lowest BCUT2D eigenvalue weighted by Gasteiger charge is -2.26. The molecule has 2 aliphatic rings. The summed E-state index contributed by atoms with van der Waals surface area (Å²) in [5.41, 5.74) is 2.78. The predicted molar refractivity (Wildman–Crippen MR) is 61.8 cm³/mol. The second-order valence-corrected chi connectivity index (χ2v) is 4.91. The van der Waals surface area contributed by atoms with E-state index in [1.807, 2.05) is 0 Å². The van der Waals surface area contributed by atoms with E-state index in [1.54, 1.807) is 0 Å². The molecular weight excluding hydrogens is 240 g/mol. The minimum absolute atomic E-state index is 0.643. The van der Waals surface area contributed by atoms with Gasteiger partial charge in [-0.05, 0) is 40.5 Å². The Morgan fingerprint density at radius 1 is 1.36 bits per heavy atom. The third-order valence-corrected chi connectivity index (χ3v) is 3.92. The first-order valence-electron chi connectivity index (χ1n) is 5.12. The van der Waals surface area contributed by atoms with E-state index in [1.165, 1.54) is 22.1 Å². The summed E-state index contributed by atoms with van der Waals surface area (Å²) in [6, 6.07) is 7.12. The monoisotopic (exact) mass is 252 g/mol. The van der Waals surface area contributed by atoms with Crippen molar-refractivity contribution < 1.29 is 0 Å². The molecule has 0 amide bonds. The first-order chi connectivity index (χ1) is 6.86.